The van der Waals surface area contributed by atoms with Gasteiger partial charge in [0.1, 0.15) is 12.0 Å². The third-order valence-corrected chi connectivity index (χ3v) is 4.84. The quantitative estimate of drug-likeness (QED) is 0.695. The monoisotopic (exact) mass is 352 g/mol. The summed E-state index contributed by atoms with van der Waals surface area (Å²) in [7, 11) is 7.62. The normalized spacial score (nSPS) is 16.2. The molecule has 1 aromatic rings. The number of hydrogen-bond acceptors (Lipinski definition) is 8. The molecule has 1 aromatic heterocycles. The Morgan fingerprint density at radius 3 is 2.24 bits per heavy atom. The molecule has 0 bridgehead atoms. The molecule has 8 nitrogen and oxygen atoms in total. The van der Waals surface area contributed by atoms with E-state index in [-0.39, 0.29) is 0 Å². The minimum atomic E-state index is 0.452. The lowest BCUT2D eigenvalue weighted by atomic mass is 10.0. The van der Waals surface area contributed by atoms with Crippen LogP contribution in [-0.2, 0) is 9.47 Å². The van der Waals surface area contributed by atoms with Crippen LogP contribution in [0.4, 0.5) is 17.3 Å². The molecule has 0 spiro atoms. The molecule has 1 saturated heterocycles. The number of hydrogen-bond donors (Lipinski definition) is 1. The summed E-state index contributed by atoms with van der Waals surface area (Å²) in [5, 5.41) is 0. The van der Waals surface area contributed by atoms with Crippen molar-refractivity contribution in [2.24, 2.45) is 0 Å². The molecular weight excluding hydrogens is 320 g/mol. The van der Waals surface area contributed by atoms with Crippen LogP contribution in [0.25, 0.3) is 0 Å². The van der Waals surface area contributed by atoms with Crippen LogP contribution >= 0.6 is 0 Å². The van der Waals surface area contributed by atoms with E-state index in [0.717, 1.165) is 37.6 Å². The zero-order valence-electron chi connectivity index (χ0n) is 15.9. The molecular formula is C17H32N6O2. The van der Waals surface area contributed by atoms with E-state index in [1.165, 1.54) is 0 Å². The largest absolute Gasteiger partial charge is 0.393 e. The average molecular weight is 352 g/mol. The second kappa shape index (κ2) is 9.74. The van der Waals surface area contributed by atoms with Crippen molar-refractivity contribution in [2.45, 2.75) is 18.9 Å². The molecule has 0 amide bonds. The van der Waals surface area contributed by atoms with Gasteiger partial charge in [0.2, 0.25) is 0 Å². The summed E-state index contributed by atoms with van der Waals surface area (Å²) in [6.07, 6.45) is 3.82. The van der Waals surface area contributed by atoms with E-state index in [1.807, 2.05) is 0 Å². The number of piperidine rings is 1. The summed E-state index contributed by atoms with van der Waals surface area (Å²) in [6, 6.07) is 0.452. The predicted molar refractivity (Wildman–Crippen MR) is 101 cm³/mol. The van der Waals surface area contributed by atoms with Crippen LogP contribution in [0.1, 0.15) is 12.8 Å². The van der Waals surface area contributed by atoms with Crippen molar-refractivity contribution < 1.29 is 9.47 Å². The Kier molecular flexibility index (Phi) is 7.67. The van der Waals surface area contributed by atoms with Gasteiger partial charge in [0.15, 0.2) is 11.6 Å². The molecule has 0 saturated carbocycles. The van der Waals surface area contributed by atoms with E-state index in [4.69, 9.17) is 15.2 Å². The van der Waals surface area contributed by atoms with E-state index in [2.05, 4.69) is 38.8 Å². The minimum Gasteiger partial charge on any atom is -0.393 e. The van der Waals surface area contributed by atoms with Crippen LogP contribution in [0.15, 0.2) is 6.33 Å². The van der Waals surface area contributed by atoms with Crippen LogP contribution in [0, 0.1) is 0 Å². The van der Waals surface area contributed by atoms with Gasteiger partial charge in [-0.15, -0.1) is 0 Å². The van der Waals surface area contributed by atoms with Gasteiger partial charge in [0.25, 0.3) is 0 Å². The fourth-order valence-electron chi connectivity index (χ4n) is 3.19. The van der Waals surface area contributed by atoms with Crippen molar-refractivity contribution in [1.29, 1.82) is 0 Å². The zero-order valence-corrected chi connectivity index (χ0v) is 15.9. The minimum absolute atomic E-state index is 0.452. The second-order valence-corrected chi connectivity index (χ2v) is 6.55. The number of nitrogen functional groups attached to an aromatic ring is 1. The summed E-state index contributed by atoms with van der Waals surface area (Å²) in [4.78, 5) is 15.5. The highest BCUT2D eigenvalue weighted by molar-refractivity contribution is 5.75. The van der Waals surface area contributed by atoms with Crippen molar-refractivity contribution in [1.82, 2.24) is 14.9 Å². The summed E-state index contributed by atoms with van der Waals surface area (Å²) in [6.45, 7) is 4.82. The highest BCUT2D eigenvalue weighted by Crippen LogP contribution is 2.31. The van der Waals surface area contributed by atoms with Gasteiger partial charge in [-0.3, -0.25) is 0 Å². The lowest BCUT2D eigenvalue weighted by molar-refractivity contribution is 0.190. The van der Waals surface area contributed by atoms with Crippen LogP contribution in [0.2, 0.25) is 0 Å². The molecule has 0 aromatic carbocycles. The molecule has 1 aliphatic heterocycles. The van der Waals surface area contributed by atoms with Gasteiger partial charge in [0.05, 0.1) is 13.2 Å². The summed E-state index contributed by atoms with van der Waals surface area (Å²) in [5.41, 5.74) is 7.08. The Hall–Kier alpha value is -1.64. The number of rotatable bonds is 9. The fourth-order valence-corrected chi connectivity index (χ4v) is 3.19. The molecule has 8 heteroatoms. The van der Waals surface area contributed by atoms with Crippen molar-refractivity contribution >= 4 is 17.3 Å². The summed E-state index contributed by atoms with van der Waals surface area (Å²) < 4.78 is 10.4. The number of ether oxygens (including phenoxy) is 2. The number of nitrogens with zero attached hydrogens (tertiary/aromatic N) is 5. The fraction of sp³-hybridized carbons (Fsp3) is 0.765. The van der Waals surface area contributed by atoms with Gasteiger partial charge in [0, 0.05) is 40.4 Å². The average Bonchev–Trinajstić information content (AvgIpc) is 2.62. The highest BCUT2D eigenvalue weighted by atomic mass is 16.5. The molecule has 0 aliphatic carbocycles. The van der Waals surface area contributed by atoms with E-state index < -0.39 is 0 Å². The lowest BCUT2D eigenvalue weighted by Crippen LogP contribution is -2.42. The van der Waals surface area contributed by atoms with Crippen LogP contribution in [0.3, 0.4) is 0 Å². The summed E-state index contributed by atoms with van der Waals surface area (Å²) in [5.74, 6) is 1.55. The van der Waals surface area contributed by atoms with Crippen molar-refractivity contribution in [3.63, 3.8) is 0 Å². The maximum Gasteiger partial charge on any atom is 0.157 e. The third-order valence-electron chi connectivity index (χ3n) is 4.84. The first-order valence-electron chi connectivity index (χ1n) is 8.83. The van der Waals surface area contributed by atoms with Gasteiger partial charge >= 0.3 is 0 Å². The van der Waals surface area contributed by atoms with Gasteiger partial charge in [-0.05, 0) is 33.0 Å². The first-order valence-corrected chi connectivity index (χ1v) is 8.83. The van der Waals surface area contributed by atoms with Gasteiger partial charge in [-0.2, -0.15) is 0 Å². The van der Waals surface area contributed by atoms with Gasteiger partial charge in [-0.1, -0.05) is 0 Å². The van der Waals surface area contributed by atoms with E-state index in [0.29, 0.717) is 38.0 Å². The maximum absolute atomic E-state index is 6.46. The topological polar surface area (TPSA) is 80.0 Å². The van der Waals surface area contributed by atoms with E-state index in [9.17, 15) is 0 Å². The molecule has 25 heavy (non-hydrogen) atoms. The number of aromatic nitrogens is 2. The standard InChI is InChI=1S/C17H32N6O2/c1-21-7-5-14(6-8-21)22(2)16-15(18)17(20-13-19-16)23(9-11-24-3)10-12-25-4/h13-14H,5-12,18H2,1-4H3. The SMILES string of the molecule is COCCN(CCOC)c1ncnc(N(C)C2CCN(C)CC2)c1N. The molecule has 1 aliphatic rings. The van der Waals surface area contributed by atoms with E-state index >= 15 is 0 Å². The summed E-state index contributed by atoms with van der Waals surface area (Å²) >= 11 is 0. The first kappa shape index (κ1) is 19.7. The maximum atomic E-state index is 6.46. The molecule has 142 valence electrons. The number of anilines is 3. The van der Waals surface area contributed by atoms with Crippen LogP contribution in [0.5, 0.6) is 0 Å². The van der Waals surface area contributed by atoms with Crippen molar-refractivity contribution in [3.8, 4) is 0 Å². The van der Waals surface area contributed by atoms with Crippen molar-refractivity contribution in [3.05, 3.63) is 6.33 Å². The van der Waals surface area contributed by atoms with Gasteiger partial charge in [-0.25, -0.2) is 9.97 Å². The Labute approximate surface area is 150 Å². The van der Waals surface area contributed by atoms with E-state index in [1.54, 1.807) is 20.5 Å². The molecule has 0 radical (unpaired) electrons. The Morgan fingerprint density at radius 1 is 1.12 bits per heavy atom. The Bertz CT molecular complexity index is 514. The third kappa shape index (κ3) is 5.17. The van der Waals surface area contributed by atoms with Crippen molar-refractivity contribution in [2.75, 3.05) is 83.2 Å². The Balaban J connectivity index is 2.18. The number of nitrogens with two attached hydrogens (primary N) is 1. The lowest BCUT2D eigenvalue weighted by Gasteiger charge is -2.36. The molecule has 0 unspecified atom stereocenters. The molecule has 2 rings (SSSR count). The van der Waals surface area contributed by atoms with Crippen LogP contribution < -0.4 is 15.5 Å². The smallest absolute Gasteiger partial charge is 0.157 e. The van der Waals surface area contributed by atoms with Crippen LogP contribution in [-0.4, -0.2) is 88.6 Å². The highest BCUT2D eigenvalue weighted by Gasteiger charge is 2.25. The molecule has 1 fully saturated rings. The number of likely N-dealkylation sites (tertiary alicyclic amines) is 1. The zero-order chi connectivity index (χ0) is 18.2. The molecule has 2 N–H and O–H groups in total. The predicted octanol–water partition coefficient (Wildman–Crippen LogP) is 0.688. The first-order chi connectivity index (χ1) is 12.1. The molecule has 2 heterocycles. The Morgan fingerprint density at radius 2 is 1.68 bits per heavy atom. The van der Waals surface area contributed by atoms with Gasteiger partial charge < -0.3 is 29.9 Å². The number of methoxy groups -OCH3 is 2. The molecule has 0 atom stereocenters. The second-order valence-electron chi connectivity index (χ2n) is 6.55.